The molecule has 0 atom stereocenters. The highest BCUT2D eigenvalue weighted by atomic mass is 32.1. The van der Waals surface area contributed by atoms with E-state index in [4.69, 9.17) is 4.98 Å². The van der Waals surface area contributed by atoms with E-state index in [-0.39, 0.29) is 5.56 Å². The number of hydrogen-bond donors (Lipinski definition) is 1. The summed E-state index contributed by atoms with van der Waals surface area (Å²) in [5.41, 5.74) is 3.94. The summed E-state index contributed by atoms with van der Waals surface area (Å²) in [5.74, 6) is 0.614. The van der Waals surface area contributed by atoms with Gasteiger partial charge in [-0.15, -0.1) is 11.3 Å². The third-order valence-electron chi connectivity index (χ3n) is 4.80. The van der Waals surface area contributed by atoms with Crippen LogP contribution in [0.2, 0.25) is 0 Å². The minimum Gasteiger partial charge on any atom is -0.306 e. The van der Waals surface area contributed by atoms with Gasteiger partial charge >= 0.3 is 0 Å². The topological polar surface area (TPSA) is 45.8 Å². The van der Waals surface area contributed by atoms with Crippen LogP contribution in [0.5, 0.6) is 0 Å². The standard InChI is InChI=1S/C23H16N2OS/c1-14-5-4-8-18(11-14)21-24-22(26)20-19(13-27-23(20)25-21)17-10-9-15-6-2-3-7-16(15)12-17/h2-13H,1H3,(H,24,25,26). The molecule has 3 nitrogen and oxygen atoms in total. The first-order valence-electron chi connectivity index (χ1n) is 8.77. The molecule has 3 aromatic carbocycles. The average molecular weight is 368 g/mol. The van der Waals surface area contributed by atoms with E-state index in [1.807, 2.05) is 48.7 Å². The molecule has 5 aromatic rings. The molecule has 0 fully saturated rings. The van der Waals surface area contributed by atoms with Crippen LogP contribution in [0, 0.1) is 6.92 Å². The number of thiophene rings is 1. The minimum atomic E-state index is -0.0964. The van der Waals surface area contributed by atoms with Crippen molar-refractivity contribution in [1.29, 1.82) is 0 Å². The highest BCUT2D eigenvalue weighted by Crippen LogP contribution is 2.33. The summed E-state index contributed by atoms with van der Waals surface area (Å²) >= 11 is 1.51. The van der Waals surface area contributed by atoms with Crippen LogP contribution < -0.4 is 5.56 Å². The molecule has 1 N–H and O–H groups in total. The van der Waals surface area contributed by atoms with Crippen molar-refractivity contribution in [2.45, 2.75) is 6.92 Å². The smallest absolute Gasteiger partial charge is 0.260 e. The lowest BCUT2D eigenvalue weighted by atomic mass is 10.0. The molecule has 5 rings (SSSR count). The number of aromatic amines is 1. The number of fused-ring (bicyclic) bond motifs is 2. The fourth-order valence-corrected chi connectivity index (χ4v) is 4.40. The molecule has 0 aliphatic carbocycles. The lowest BCUT2D eigenvalue weighted by molar-refractivity contribution is 1.19. The van der Waals surface area contributed by atoms with Gasteiger partial charge in [0.25, 0.3) is 5.56 Å². The highest BCUT2D eigenvalue weighted by Gasteiger charge is 2.14. The summed E-state index contributed by atoms with van der Waals surface area (Å²) in [5, 5.41) is 5.04. The molecule has 0 amide bonds. The van der Waals surface area contributed by atoms with Gasteiger partial charge in [-0.05, 0) is 35.4 Å². The van der Waals surface area contributed by atoms with Crippen LogP contribution in [-0.4, -0.2) is 9.97 Å². The molecule has 2 aromatic heterocycles. The maximum absolute atomic E-state index is 12.9. The Morgan fingerprint density at radius 1 is 0.889 bits per heavy atom. The zero-order chi connectivity index (χ0) is 18.4. The lowest BCUT2D eigenvalue weighted by Gasteiger charge is -2.04. The second kappa shape index (κ2) is 6.18. The Hall–Kier alpha value is -3.24. The molecule has 4 heteroatoms. The van der Waals surface area contributed by atoms with Crippen LogP contribution in [-0.2, 0) is 0 Å². The van der Waals surface area contributed by atoms with Gasteiger partial charge < -0.3 is 4.98 Å². The molecule has 0 saturated heterocycles. The predicted molar refractivity (Wildman–Crippen MR) is 113 cm³/mol. The van der Waals surface area contributed by atoms with Crippen LogP contribution >= 0.6 is 11.3 Å². The van der Waals surface area contributed by atoms with Gasteiger partial charge in [-0.3, -0.25) is 4.79 Å². The lowest BCUT2D eigenvalue weighted by Crippen LogP contribution is -2.09. The summed E-state index contributed by atoms with van der Waals surface area (Å²) in [4.78, 5) is 21.3. The highest BCUT2D eigenvalue weighted by molar-refractivity contribution is 7.17. The van der Waals surface area contributed by atoms with Crippen LogP contribution in [0.3, 0.4) is 0 Å². The Morgan fingerprint density at radius 2 is 1.74 bits per heavy atom. The van der Waals surface area contributed by atoms with Gasteiger partial charge in [0, 0.05) is 16.5 Å². The Kier molecular flexibility index (Phi) is 3.66. The van der Waals surface area contributed by atoms with Crippen molar-refractivity contribution < 1.29 is 0 Å². The molecule has 2 heterocycles. The molecule has 0 aliphatic heterocycles. The zero-order valence-corrected chi connectivity index (χ0v) is 15.5. The minimum absolute atomic E-state index is 0.0964. The Bertz CT molecular complexity index is 1360. The normalized spacial score (nSPS) is 11.3. The van der Waals surface area contributed by atoms with Crippen molar-refractivity contribution in [2.75, 3.05) is 0 Å². The average Bonchev–Trinajstić information content (AvgIpc) is 3.12. The molecular weight excluding hydrogens is 352 g/mol. The first-order chi connectivity index (χ1) is 13.2. The quantitative estimate of drug-likeness (QED) is 0.429. The monoisotopic (exact) mass is 368 g/mol. The van der Waals surface area contributed by atoms with E-state index in [0.717, 1.165) is 32.5 Å². The van der Waals surface area contributed by atoms with Gasteiger partial charge in [0.05, 0.1) is 5.39 Å². The number of rotatable bonds is 2. The van der Waals surface area contributed by atoms with E-state index in [9.17, 15) is 4.79 Å². The number of nitrogens with one attached hydrogen (secondary N) is 1. The summed E-state index contributed by atoms with van der Waals surface area (Å²) < 4.78 is 0. The van der Waals surface area contributed by atoms with E-state index in [0.29, 0.717) is 11.2 Å². The van der Waals surface area contributed by atoms with Gasteiger partial charge in [-0.1, -0.05) is 60.2 Å². The van der Waals surface area contributed by atoms with E-state index in [1.54, 1.807) is 0 Å². The predicted octanol–water partition coefficient (Wildman–Crippen LogP) is 5.78. The Morgan fingerprint density at radius 3 is 2.59 bits per heavy atom. The molecule has 0 spiro atoms. The first kappa shape index (κ1) is 16.0. The number of H-pyrrole nitrogens is 1. The van der Waals surface area contributed by atoms with Crippen molar-refractivity contribution in [1.82, 2.24) is 9.97 Å². The van der Waals surface area contributed by atoms with E-state index in [2.05, 4.69) is 35.3 Å². The fourth-order valence-electron chi connectivity index (χ4n) is 3.45. The Labute approximate surface area is 160 Å². The van der Waals surface area contributed by atoms with Gasteiger partial charge in [-0.25, -0.2) is 4.98 Å². The molecule has 0 saturated carbocycles. The third kappa shape index (κ3) is 2.75. The fraction of sp³-hybridized carbons (Fsp3) is 0.0435. The second-order valence-corrected chi connectivity index (χ2v) is 7.53. The van der Waals surface area contributed by atoms with Crippen LogP contribution in [0.4, 0.5) is 0 Å². The van der Waals surface area contributed by atoms with E-state index >= 15 is 0 Å². The van der Waals surface area contributed by atoms with Crippen molar-refractivity contribution in [3.63, 3.8) is 0 Å². The van der Waals surface area contributed by atoms with Crippen molar-refractivity contribution in [3.05, 3.63) is 88.0 Å². The van der Waals surface area contributed by atoms with Crippen molar-refractivity contribution in [2.24, 2.45) is 0 Å². The second-order valence-electron chi connectivity index (χ2n) is 6.68. The summed E-state index contributed by atoms with van der Waals surface area (Å²) in [6.45, 7) is 2.03. The number of hydrogen-bond acceptors (Lipinski definition) is 3. The zero-order valence-electron chi connectivity index (χ0n) is 14.7. The summed E-state index contributed by atoms with van der Waals surface area (Å²) in [7, 11) is 0. The molecule has 0 radical (unpaired) electrons. The largest absolute Gasteiger partial charge is 0.306 e. The Balaban J connectivity index is 1.69. The first-order valence-corrected chi connectivity index (χ1v) is 9.65. The van der Waals surface area contributed by atoms with Crippen molar-refractivity contribution in [3.8, 4) is 22.5 Å². The van der Waals surface area contributed by atoms with Gasteiger partial charge in [0.15, 0.2) is 0 Å². The number of aromatic nitrogens is 2. The molecule has 130 valence electrons. The SMILES string of the molecule is Cc1cccc(-c2nc3scc(-c4ccc5ccccc5c4)c3c(=O)[nH]2)c1. The van der Waals surface area contributed by atoms with Gasteiger partial charge in [-0.2, -0.15) is 0 Å². The summed E-state index contributed by atoms with van der Waals surface area (Å²) in [6.07, 6.45) is 0. The number of nitrogens with zero attached hydrogens (tertiary/aromatic N) is 1. The number of benzene rings is 3. The van der Waals surface area contributed by atoms with Crippen molar-refractivity contribution >= 4 is 32.3 Å². The van der Waals surface area contributed by atoms with Crippen LogP contribution in [0.25, 0.3) is 43.5 Å². The molecule has 0 aliphatic rings. The molecule has 27 heavy (non-hydrogen) atoms. The van der Waals surface area contributed by atoms with Crippen LogP contribution in [0.15, 0.2) is 76.9 Å². The molecular formula is C23H16N2OS. The molecule has 0 bridgehead atoms. The van der Waals surface area contributed by atoms with E-state index < -0.39 is 0 Å². The maximum Gasteiger partial charge on any atom is 0.260 e. The molecule has 0 unspecified atom stereocenters. The maximum atomic E-state index is 12.9. The third-order valence-corrected chi connectivity index (χ3v) is 5.67. The summed E-state index contributed by atoms with van der Waals surface area (Å²) in [6, 6.07) is 22.5. The van der Waals surface area contributed by atoms with E-state index in [1.165, 1.54) is 16.7 Å². The van der Waals surface area contributed by atoms with Gasteiger partial charge in [0.1, 0.15) is 10.7 Å². The van der Waals surface area contributed by atoms with Gasteiger partial charge in [0.2, 0.25) is 0 Å². The number of aryl methyl sites for hydroxylation is 1. The van der Waals surface area contributed by atoms with Crippen LogP contribution in [0.1, 0.15) is 5.56 Å².